The average molecular weight is 269 g/mol. The second kappa shape index (κ2) is 7.14. The monoisotopic (exact) mass is 269 g/mol. The molecule has 1 heteroatoms. The minimum absolute atomic E-state index is 0.250. The van der Waals surface area contributed by atoms with Crippen LogP contribution in [-0.4, -0.2) is 6.04 Å². The molecule has 20 heavy (non-hydrogen) atoms. The second-order valence-corrected chi connectivity index (χ2v) is 5.84. The van der Waals surface area contributed by atoms with Crippen LogP contribution in [0.3, 0.4) is 0 Å². The van der Waals surface area contributed by atoms with E-state index < -0.39 is 0 Å². The summed E-state index contributed by atoms with van der Waals surface area (Å²) < 4.78 is 0. The number of aryl methyl sites for hydroxylation is 2. The molecular formula is C19H27N. The van der Waals surface area contributed by atoms with Crippen molar-refractivity contribution in [2.75, 3.05) is 0 Å². The van der Waals surface area contributed by atoms with Gasteiger partial charge in [0.15, 0.2) is 0 Å². The number of hydrogen-bond donors (Lipinski definition) is 1. The Labute approximate surface area is 124 Å². The highest BCUT2D eigenvalue weighted by molar-refractivity contribution is 5.65. The van der Waals surface area contributed by atoms with E-state index in [0.717, 1.165) is 24.1 Å². The summed E-state index contributed by atoms with van der Waals surface area (Å²) in [5.74, 6) is 0. The van der Waals surface area contributed by atoms with E-state index in [2.05, 4.69) is 70.9 Å². The minimum Gasteiger partial charge on any atom is -0.379 e. The van der Waals surface area contributed by atoms with Crippen LogP contribution in [0.4, 0.5) is 0 Å². The highest BCUT2D eigenvalue weighted by atomic mass is 14.9. The Balaban J connectivity index is 2.80. The van der Waals surface area contributed by atoms with Gasteiger partial charge < -0.3 is 5.32 Å². The van der Waals surface area contributed by atoms with Crippen molar-refractivity contribution < 1.29 is 0 Å². The Bertz CT molecular complexity index is 523. The topological polar surface area (TPSA) is 12.0 Å². The molecule has 0 heterocycles. The summed E-state index contributed by atoms with van der Waals surface area (Å²) in [4.78, 5) is 0. The third-order valence-electron chi connectivity index (χ3n) is 3.51. The zero-order valence-corrected chi connectivity index (χ0v) is 13.3. The Kier molecular flexibility index (Phi) is 5.82. The molecule has 108 valence electrons. The zero-order valence-electron chi connectivity index (χ0n) is 13.3. The van der Waals surface area contributed by atoms with E-state index in [1.54, 1.807) is 0 Å². The Morgan fingerprint density at radius 2 is 1.80 bits per heavy atom. The molecule has 0 aliphatic heterocycles. The van der Waals surface area contributed by atoms with E-state index >= 15 is 0 Å². The fraction of sp³-hybridized carbons (Fsp3) is 0.368. The molecule has 1 nitrogen and oxygen atoms in total. The summed E-state index contributed by atoms with van der Waals surface area (Å²) in [7, 11) is 0. The first-order valence-corrected chi connectivity index (χ1v) is 7.14. The Morgan fingerprint density at radius 3 is 2.30 bits per heavy atom. The summed E-state index contributed by atoms with van der Waals surface area (Å²) >= 11 is 0. The van der Waals surface area contributed by atoms with Crippen LogP contribution in [0, 0.1) is 13.8 Å². The molecule has 1 atom stereocenters. The molecule has 0 saturated carbocycles. The van der Waals surface area contributed by atoms with Gasteiger partial charge in [0.05, 0.1) is 0 Å². The molecule has 1 N–H and O–H groups in total. The molecule has 0 bridgehead atoms. The van der Waals surface area contributed by atoms with Crippen LogP contribution < -0.4 is 5.32 Å². The molecule has 0 amide bonds. The molecule has 1 rings (SSSR count). The first kappa shape index (κ1) is 16.3. The molecule has 0 radical (unpaired) electrons. The van der Waals surface area contributed by atoms with Gasteiger partial charge in [-0.1, -0.05) is 48.1 Å². The van der Waals surface area contributed by atoms with Gasteiger partial charge in [-0.3, -0.25) is 0 Å². The third kappa shape index (κ3) is 4.73. The standard InChI is InChI=1S/C19H27N/c1-13(2)8-11-19(14(3)4)20-17(7)18-10-9-15(5)12-16(18)6/h9-10,12,19-20H,1,3,7-8,11H2,2,4-6H3. The maximum Gasteiger partial charge on any atom is 0.0471 e. The van der Waals surface area contributed by atoms with E-state index in [0.29, 0.717) is 0 Å². The molecular weight excluding hydrogens is 242 g/mol. The number of benzene rings is 1. The van der Waals surface area contributed by atoms with Gasteiger partial charge in [-0.05, 0) is 51.7 Å². The fourth-order valence-corrected chi connectivity index (χ4v) is 2.27. The first-order chi connectivity index (χ1) is 9.31. The molecule has 0 fully saturated rings. The predicted molar refractivity (Wildman–Crippen MR) is 90.7 cm³/mol. The van der Waals surface area contributed by atoms with E-state index in [1.165, 1.54) is 22.3 Å². The van der Waals surface area contributed by atoms with Crippen molar-refractivity contribution in [3.8, 4) is 0 Å². The highest BCUT2D eigenvalue weighted by Gasteiger charge is 2.12. The van der Waals surface area contributed by atoms with Gasteiger partial charge in [-0.2, -0.15) is 0 Å². The molecule has 1 unspecified atom stereocenters. The van der Waals surface area contributed by atoms with Crippen LogP contribution in [0.1, 0.15) is 43.4 Å². The van der Waals surface area contributed by atoms with Crippen molar-refractivity contribution in [2.45, 2.75) is 46.6 Å². The number of rotatable bonds is 7. The molecule has 1 aromatic rings. The van der Waals surface area contributed by atoms with Crippen LogP contribution in [0.25, 0.3) is 5.70 Å². The normalized spacial score (nSPS) is 11.8. The van der Waals surface area contributed by atoms with Crippen molar-refractivity contribution in [3.05, 3.63) is 65.8 Å². The third-order valence-corrected chi connectivity index (χ3v) is 3.51. The van der Waals surface area contributed by atoms with Crippen molar-refractivity contribution in [3.63, 3.8) is 0 Å². The lowest BCUT2D eigenvalue weighted by molar-refractivity contribution is 0.619. The quantitative estimate of drug-likeness (QED) is 0.674. The maximum absolute atomic E-state index is 4.19. The van der Waals surface area contributed by atoms with Crippen LogP contribution in [-0.2, 0) is 0 Å². The van der Waals surface area contributed by atoms with E-state index in [9.17, 15) is 0 Å². The van der Waals surface area contributed by atoms with Crippen LogP contribution in [0.5, 0.6) is 0 Å². The average Bonchev–Trinajstić information content (AvgIpc) is 2.33. The molecule has 1 aromatic carbocycles. The fourth-order valence-electron chi connectivity index (χ4n) is 2.27. The summed E-state index contributed by atoms with van der Waals surface area (Å²) in [6, 6.07) is 6.69. The largest absolute Gasteiger partial charge is 0.379 e. The predicted octanol–water partition coefficient (Wildman–Crippen LogP) is 5.16. The van der Waals surface area contributed by atoms with Crippen molar-refractivity contribution in [1.82, 2.24) is 5.32 Å². The Hall–Kier alpha value is -1.76. The Morgan fingerprint density at radius 1 is 1.15 bits per heavy atom. The van der Waals surface area contributed by atoms with Gasteiger partial charge in [0.1, 0.15) is 0 Å². The first-order valence-electron chi connectivity index (χ1n) is 7.14. The van der Waals surface area contributed by atoms with E-state index in [1.807, 2.05) is 0 Å². The number of allylic oxidation sites excluding steroid dienone is 1. The summed E-state index contributed by atoms with van der Waals surface area (Å²) in [5.41, 5.74) is 7.02. The van der Waals surface area contributed by atoms with Crippen LogP contribution in [0.2, 0.25) is 0 Å². The SMILES string of the molecule is C=C(C)CCC(NC(=C)c1ccc(C)cc1C)C(=C)C. The second-order valence-electron chi connectivity index (χ2n) is 5.84. The van der Waals surface area contributed by atoms with Crippen LogP contribution in [0.15, 0.2) is 49.1 Å². The van der Waals surface area contributed by atoms with Gasteiger partial charge >= 0.3 is 0 Å². The zero-order chi connectivity index (χ0) is 15.3. The van der Waals surface area contributed by atoms with E-state index in [4.69, 9.17) is 0 Å². The van der Waals surface area contributed by atoms with Gasteiger partial charge in [0.25, 0.3) is 0 Å². The minimum atomic E-state index is 0.250. The highest BCUT2D eigenvalue weighted by Crippen LogP contribution is 2.20. The number of hydrogen-bond acceptors (Lipinski definition) is 1. The molecule has 0 aliphatic rings. The lowest BCUT2D eigenvalue weighted by Gasteiger charge is -2.23. The van der Waals surface area contributed by atoms with Gasteiger partial charge in [0.2, 0.25) is 0 Å². The van der Waals surface area contributed by atoms with Crippen LogP contribution >= 0.6 is 0 Å². The molecule has 0 saturated heterocycles. The molecule has 0 spiro atoms. The van der Waals surface area contributed by atoms with Crippen molar-refractivity contribution in [1.29, 1.82) is 0 Å². The van der Waals surface area contributed by atoms with Crippen molar-refractivity contribution in [2.24, 2.45) is 0 Å². The summed E-state index contributed by atoms with van der Waals surface area (Å²) in [6.07, 6.45) is 2.01. The summed E-state index contributed by atoms with van der Waals surface area (Å²) in [6.45, 7) is 20.6. The van der Waals surface area contributed by atoms with Crippen molar-refractivity contribution >= 4 is 5.70 Å². The van der Waals surface area contributed by atoms with Gasteiger partial charge in [-0.25, -0.2) is 0 Å². The lowest BCUT2D eigenvalue weighted by atomic mass is 9.99. The maximum atomic E-state index is 4.19. The molecule has 0 aromatic heterocycles. The lowest BCUT2D eigenvalue weighted by Crippen LogP contribution is -2.28. The van der Waals surface area contributed by atoms with Gasteiger partial charge in [-0.15, -0.1) is 6.58 Å². The molecule has 0 aliphatic carbocycles. The smallest absolute Gasteiger partial charge is 0.0471 e. The number of nitrogens with one attached hydrogen (secondary N) is 1. The summed E-state index contributed by atoms with van der Waals surface area (Å²) in [5, 5.41) is 3.51. The van der Waals surface area contributed by atoms with Gasteiger partial charge in [0, 0.05) is 11.7 Å². The van der Waals surface area contributed by atoms with E-state index in [-0.39, 0.29) is 6.04 Å².